The van der Waals surface area contributed by atoms with E-state index in [9.17, 15) is 5.11 Å². The Morgan fingerprint density at radius 3 is 2.65 bits per heavy atom. The van der Waals surface area contributed by atoms with Crippen LogP contribution in [0.3, 0.4) is 0 Å². The van der Waals surface area contributed by atoms with E-state index >= 15 is 0 Å². The van der Waals surface area contributed by atoms with E-state index in [1.54, 1.807) is 6.20 Å². The number of aliphatic hydroxyl groups excluding tert-OH is 1. The molecule has 0 aliphatic heterocycles. The van der Waals surface area contributed by atoms with E-state index in [0.717, 1.165) is 12.0 Å². The van der Waals surface area contributed by atoms with Gasteiger partial charge >= 0.3 is 0 Å². The topological polar surface area (TPSA) is 59.1 Å². The lowest BCUT2D eigenvalue weighted by atomic mass is 9.88. The van der Waals surface area contributed by atoms with Crippen molar-refractivity contribution in [2.75, 3.05) is 5.73 Å². The van der Waals surface area contributed by atoms with Gasteiger partial charge in [-0.05, 0) is 60.4 Å². The third kappa shape index (κ3) is 2.99. The second kappa shape index (κ2) is 5.63. The molecule has 1 aliphatic carbocycles. The fourth-order valence-electron chi connectivity index (χ4n) is 2.84. The van der Waals surface area contributed by atoms with Crippen LogP contribution in [0.4, 0.5) is 5.69 Å². The highest BCUT2D eigenvalue weighted by Crippen LogP contribution is 2.46. The van der Waals surface area contributed by atoms with Gasteiger partial charge in [0.1, 0.15) is 0 Å². The Morgan fingerprint density at radius 2 is 2.00 bits per heavy atom. The monoisotopic (exact) mass is 268 g/mol. The van der Waals surface area contributed by atoms with Crippen molar-refractivity contribution in [3.8, 4) is 0 Å². The molecule has 0 bridgehead atoms. The summed E-state index contributed by atoms with van der Waals surface area (Å²) in [4.78, 5) is 4.21. The Bertz CT molecular complexity index is 566. The van der Waals surface area contributed by atoms with Crippen molar-refractivity contribution in [1.29, 1.82) is 0 Å². The molecule has 3 rings (SSSR count). The van der Waals surface area contributed by atoms with Gasteiger partial charge in [-0.25, -0.2) is 0 Å². The van der Waals surface area contributed by atoms with Gasteiger partial charge in [0.2, 0.25) is 0 Å². The number of aromatic nitrogens is 1. The van der Waals surface area contributed by atoms with Crippen LogP contribution < -0.4 is 5.73 Å². The van der Waals surface area contributed by atoms with Crippen molar-refractivity contribution in [2.24, 2.45) is 5.92 Å². The standard InChI is InChI=1S/C17H20N2O/c18-15-5-1-3-13(9-15)17(20)10-16(12-6-7-12)14-4-2-8-19-11-14/h1-5,8-9,11-12,16-17,20H,6-7,10,18H2. The zero-order chi connectivity index (χ0) is 13.9. The normalized spacial score (nSPS) is 17.6. The van der Waals surface area contributed by atoms with Gasteiger partial charge < -0.3 is 10.8 Å². The smallest absolute Gasteiger partial charge is 0.0796 e. The zero-order valence-electron chi connectivity index (χ0n) is 11.4. The third-order valence-electron chi connectivity index (χ3n) is 4.08. The van der Waals surface area contributed by atoms with E-state index in [1.165, 1.54) is 18.4 Å². The third-order valence-corrected chi connectivity index (χ3v) is 4.08. The Kier molecular flexibility index (Phi) is 3.70. The minimum absolute atomic E-state index is 0.389. The van der Waals surface area contributed by atoms with Gasteiger partial charge in [0, 0.05) is 18.1 Å². The fraction of sp³-hybridized carbons (Fsp3) is 0.353. The quantitative estimate of drug-likeness (QED) is 0.818. The Balaban J connectivity index is 1.77. The summed E-state index contributed by atoms with van der Waals surface area (Å²) in [5.41, 5.74) is 8.63. The van der Waals surface area contributed by atoms with E-state index in [4.69, 9.17) is 5.73 Å². The van der Waals surface area contributed by atoms with Crippen LogP contribution in [0.25, 0.3) is 0 Å². The average Bonchev–Trinajstić information content (AvgIpc) is 3.30. The predicted molar refractivity (Wildman–Crippen MR) is 80.1 cm³/mol. The first-order chi connectivity index (χ1) is 9.74. The van der Waals surface area contributed by atoms with Crippen molar-refractivity contribution in [3.63, 3.8) is 0 Å². The summed E-state index contributed by atoms with van der Waals surface area (Å²) in [5.74, 6) is 1.08. The van der Waals surface area contributed by atoms with Gasteiger partial charge in [-0.1, -0.05) is 18.2 Å². The molecule has 1 aromatic heterocycles. The van der Waals surface area contributed by atoms with E-state index in [2.05, 4.69) is 11.1 Å². The first kappa shape index (κ1) is 13.1. The summed E-state index contributed by atoms with van der Waals surface area (Å²) in [6, 6.07) is 11.6. The van der Waals surface area contributed by atoms with Gasteiger partial charge in [-0.2, -0.15) is 0 Å². The molecule has 1 fully saturated rings. The molecule has 3 nitrogen and oxygen atoms in total. The van der Waals surface area contributed by atoms with E-state index < -0.39 is 6.10 Å². The van der Waals surface area contributed by atoms with Crippen molar-refractivity contribution < 1.29 is 5.11 Å². The molecule has 0 radical (unpaired) electrons. The van der Waals surface area contributed by atoms with Gasteiger partial charge in [0.25, 0.3) is 0 Å². The Hall–Kier alpha value is -1.87. The summed E-state index contributed by atoms with van der Waals surface area (Å²) < 4.78 is 0. The van der Waals surface area contributed by atoms with Crippen molar-refractivity contribution in [3.05, 3.63) is 59.9 Å². The number of anilines is 1. The Morgan fingerprint density at radius 1 is 1.20 bits per heavy atom. The number of hydrogen-bond donors (Lipinski definition) is 2. The molecular weight excluding hydrogens is 248 g/mol. The van der Waals surface area contributed by atoms with Crippen LogP contribution in [0.15, 0.2) is 48.8 Å². The number of pyridine rings is 1. The maximum Gasteiger partial charge on any atom is 0.0796 e. The summed E-state index contributed by atoms with van der Waals surface area (Å²) >= 11 is 0. The van der Waals surface area contributed by atoms with Gasteiger partial charge in [-0.3, -0.25) is 4.98 Å². The molecule has 1 aliphatic rings. The lowest BCUT2D eigenvalue weighted by Crippen LogP contribution is -2.09. The minimum Gasteiger partial charge on any atom is -0.399 e. The summed E-state index contributed by atoms with van der Waals surface area (Å²) in [7, 11) is 0. The molecule has 2 aromatic rings. The maximum absolute atomic E-state index is 10.5. The highest BCUT2D eigenvalue weighted by atomic mass is 16.3. The van der Waals surface area contributed by atoms with E-state index in [1.807, 2.05) is 36.5 Å². The zero-order valence-corrected chi connectivity index (χ0v) is 11.4. The molecular formula is C17H20N2O. The molecule has 20 heavy (non-hydrogen) atoms. The van der Waals surface area contributed by atoms with Crippen LogP contribution in [-0.2, 0) is 0 Å². The minimum atomic E-state index is -0.468. The van der Waals surface area contributed by atoms with Gasteiger partial charge in [-0.15, -0.1) is 0 Å². The molecule has 0 spiro atoms. The molecule has 3 N–H and O–H groups in total. The summed E-state index contributed by atoms with van der Waals surface area (Å²) in [6.45, 7) is 0. The van der Waals surface area contributed by atoms with Crippen LogP contribution in [-0.4, -0.2) is 10.1 Å². The van der Waals surface area contributed by atoms with Crippen molar-refractivity contribution in [2.45, 2.75) is 31.3 Å². The molecule has 104 valence electrons. The largest absolute Gasteiger partial charge is 0.399 e. The van der Waals surface area contributed by atoms with Crippen LogP contribution in [0, 0.1) is 5.92 Å². The number of hydrogen-bond acceptors (Lipinski definition) is 3. The van der Waals surface area contributed by atoms with Gasteiger partial charge in [0.15, 0.2) is 0 Å². The van der Waals surface area contributed by atoms with Crippen LogP contribution in [0.2, 0.25) is 0 Å². The van der Waals surface area contributed by atoms with Crippen LogP contribution in [0.5, 0.6) is 0 Å². The molecule has 1 saturated carbocycles. The molecule has 2 atom stereocenters. The molecule has 1 heterocycles. The molecule has 0 amide bonds. The van der Waals surface area contributed by atoms with E-state index in [0.29, 0.717) is 17.5 Å². The lowest BCUT2D eigenvalue weighted by molar-refractivity contribution is 0.153. The predicted octanol–water partition coefficient (Wildman–Crippen LogP) is 3.28. The lowest BCUT2D eigenvalue weighted by Gasteiger charge is -2.20. The highest BCUT2D eigenvalue weighted by molar-refractivity contribution is 5.41. The van der Waals surface area contributed by atoms with Crippen LogP contribution in [0.1, 0.15) is 42.4 Å². The summed E-state index contributed by atoms with van der Waals surface area (Å²) in [6.07, 6.45) is 6.49. The number of rotatable bonds is 5. The molecule has 3 heteroatoms. The second-order valence-corrected chi connectivity index (χ2v) is 5.65. The maximum atomic E-state index is 10.5. The van der Waals surface area contributed by atoms with Crippen molar-refractivity contribution in [1.82, 2.24) is 4.98 Å². The van der Waals surface area contributed by atoms with Crippen LogP contribution >= 0.6 is 0 Å². The highest BCUT2D eigenvalue weighted by Gasteiger charge is 2.33. The number of benzene rings is 1. The number of nitrogens with two attached hydrogens (primary N) is 1. The van der Waals surface area contributed by atoms with E-state index in [-0.39, 0.29) is 0 Å². The van der Waals surface area contributed by atoms with Crippen molar-refractivity contribution >= 4 is 5.69 Å². The number of nitrogens with zero attached hydrogens (tertiary/aromatic N) is 1. The summed E-state index contributed by atoms with van der Waals surface area (Å²) in [5, 5.41) is 10.5. The number of nitrogen functional groups attached to an aromatic ring is 1. The second-order valence-electron chi connectivity index (χ2n) is 5.65. The first-order valence-electron chi connectivity index (χ1n) is 7.17. The number of aliphatic hydroxyl groups is 1. The Labute approximate surface area is 119 Å². The molecule has 2 unspecified atom stereocenters. The fourth-order valence-corrected chi connectivity index (χ4v) is 2.84. The molecule has 1 aromatic carbocycles. The first-order valence-corrected chi connectivity index (χ1v) is 7.17. The SMILES string of the molecule is Nc1cccc(C(O)CC(c2cccnc2)C2CC2)c1. The average molecular weight is 268 g/mol. The molecule has 0 saturated heterocycles. The van der Waals surface area contributed by atoms with Gasteiger partial charge in [0.05, 0.1) is 6.10 Å².